The summed E-state index contributed by atoms with van der Waals surface area (Å²) >= 11 is 0. The van der Waals surface area contributed by atoms with E-state index in [1.165, 1.54) is 44.9 Å². The molecule has 0 aromatic carbocycles. The Morgan fingerprint density at radius 2 is 1.94 bits per heavy atom. The van der Waals surface area contributed by atoms with Crippen LogP contribution in [0, 0.1) is 0 Å². The smallest absolute Gasteiger partial charge is 0.0575 e. The molecule has 0 amide bonds. The normalized spacial score (nSPS) is 25.9. The van der Waals surface area contributed by atoms with E-state index in [0.29, 0.717) is 6.10 Å². The van der Waals surface area contributed by atoms with Crippen molar-refractivity contribution < 1.29 is 4.74 Å². The van der Waals surface area contributed by atoms with Gasteiger partial charge in [-0.25, -0.2) is 0 Å². The first-order chi connectivity index (χ1) is 7.95. The lowest BCUT2D eigenvalue weighted by atomic mass is 10.0. The molecule has 3 nitrogen and oxygen atoms in total. The highest BCUT2D eigenvalue weighted by Crippen LogP contribution is 2.18. The van der Waals surface area contributed by atoms with Crippen LogP contribution in [0.3, 0.4) is 0 Å². The van der Waals surface area contributed by atoms with E-state index in [-0.39, 0.29) is 0 Å². The molecule has 1 unspecified atom stereocenters. The third kappa shape index (κ3) is 5.28. The lowest BCUT2D eigenvalue weighted by Gasteiger charge is -2.22. The monoisotopic (exact) mass is 226 g/mol. The first-order valence-corrected chi connectivity index (χ1v) is 7.01. The molecular formula is C13H26N2O. The zero-order valence-corrected chi connectivity index (χ0v) is 10.3. The summed E-state index contributed by atoms with van der Waals surface area (Å²) in [7, 11) is 0. The molecule has 2 aliphatic rings. The third-order valence-corrected chi connectivity index (χ3v) is 3.47. The van der Waals surface area contributed by atoms with Crippen LogP contribution in [-0.4, -0.2) is 38.4 Å². The summed E-state index contributed by atoms with van der Waals surface area (Å²) in [6, 6.07) is 0.845. The van der Waals surface area contributed by atoms with Crippen LogP contribution in [0.4, 0.5) is 0 Å². The highest BCUT2D eigenvalue weighted by molar-refractivity contribution is 4.80. The molecule has 1 saturated heterocycles. The van der Waals surface area contributed by atoms with Crippen molar-refractivity contribution in [1.82, 2.24) is 10.6 Å². The highest BCUT2D eigenvalue weighted by Gasteiger charge is 2.19. The fraction of sp³-hybridized carbons (Fsp3) is 1.00. The molecule has 16 heavy (non-hydrogen) atoms. The van der Waals surface area contributed by atoms with Gasteiger partial charge in [-0.15, -0.1) is 0 Å². The molecule has 0 bridgehead atoms. The van der Waals surface area contributed by atoms with Crippen LogP contribution in [0.25, 0.3) is 0 Å². The molecule has 0 spiro atoms. The van der Waals surface area contributed by atoms with Crippen molar-refractivity contribution >= 4 is 0 Å². The van der Waals surface area contributed by atoms with Gasteiger partial charge in [0.05, 0.1) is 6.10 Å². The molecule has 2 rings (SSSR count). The fourth-order valence-electron chi connectivity index (χ4n) is 2.27. The number of ether oxygens (including phenoxy) is 1. The molecule has 0 aromatic heterocycles. The third-order valence-electron chi connectivity index (χ3n) is 3.47. The molecule has 0 radical (unpaired) electrons. The van der Waals surface area contributed by atoms with Gasteiger partial charge in [0.15, 0.2) is 0 Å². The van der Waals surface area contributed by atoms with E-state index in [1.807, 2.05) is 0 Å². The molecule has 94 valence electrons. The van der Waals surface area contributed by atoms with Crippen molar-refractivity contribution in [2.75, 3.05) is 26.2 Å². The first-order valence-electron chi connectivity index (χ1n) is 7.01. The standard InChI is InChI=1S/C13H26N2O/c1-2-11-16-13(4-1)5-3-8-14-9-10-15-12-6-7-12/h12-15H,1-11H2. The van der Waals surface area contributed by atoms with Gasteiger partial charge in [-0.1, -0.05) is 0 Å². The molecule has 1 aliphatic heterocycles. The van der Waals surface area contributed by atoms with Crippen molar-refractivity contribution in [3.8, 4) is 0 Å². The Balaban J connectivity index is 1.33. The summed E-state index contributed by atoms with van der Waals surface area (Å²) in [6.07, 6.45) is 9.74. The Hall–Kier alpha value is -0.120. The second kappa shape index (κ2) is 7.25. The van der Waals surface area contributed by atoms with Gasteiger partial charge in [-0.2, -0.15) is 0 Å². The maximum Gasteiger partial charge on any atom is 0.0575 e. The largest absolute Gasteiger partial charge is 0.378 e. The topological polar surface area (TPSA) is 33.3 Å². The minimum absolute atomic E-state index is 0.556. The van der Waals surface area contributed by atoms with Crippen LogP contribution in [0.1, 0.15) is 44.9 Å². The molecule has 2 N–H and O–H groups in total. The lowest BCUT2D eigenvalue weighted by molar-refractivity contribution is 0.0102. The summed E-state index contributed by atoms with van der Waals surface area (Å²) < 4.78 is 5.71. The molecule has 3 heteroatoms. The second-order valence-corrected chi connectivity index (χ2v) is 5.11. The zero-order valence-electron chi connectivity index (χ0n) is 10.3. The molecule has 1 saturated carbocycles. The SMILES string of the molecule is C1CCC(CCCNCCNC2CC2)OC1. The minimum atomic E-state index is 0.556. The van der Waals surface area contributed by atoms with Gasteiger partial charge in [0.2, 0.25) is 0 Å². The van der Waals surface area contributed by atoms with E-state index in [9.17, 15) is 0 Å². The van der Waals surface area contributed by atoms with Crippen molar-refractivity contribution in [3.63, 3.8) is 0 Å². The lowest BCUT2D eigenvalue weighted by Crippen LogP contribution is -2.29. The quantitative estimate of drug-likeness (QED) is 0.618. The molecule has 1 heterocycles. The average Bonchev–Trinajstić information content (AvgIpc) is 3.13. The Morgan fingerprint density at radius 1 is 1.00 bits per heavy atom. The average molecular weight is 226 g/mol. The number of hydrogen-bond donors (Lipinski definition) is 2. The van der Waals surface area contributed by atoms with Crippen molar-refractivity contribution in [1.29, 1.82) is 0 Å². The van der Waals surface area contributed by atoms with E-state index in [2.05, 4.69) is 10.6 Å². The molecule has 0 aromatic rings. The van der Waals surface area contributed by atoms with Crippen molar-refractivity contribution in [2.45, 2.75) is 57.1 Å². The van der Waals surface area contributed by atoms with Gasteiger partial charge in [0, 0.05) is 25.7 Å². The summed E-state index contributed by atoms with van der Waals surface area (Å²) in [4.78, 5) is 0. The van der Waals surface area contributed by atoms with Gasteiger partial charge < -0.3 is 15.4 Å². The Morgan fingerprint density at radius 3 is 2.69 bits per heavy atom. The molecule has 1 atom stereocenters. The Labute approximate surface area is 99.3 Å². The van der Waals surface area contributed by atoms with Crippen molar-refractivity contribution in [2.24, 2.45) is 0 Å². The van der Waals surface area contributed by atoms with Crippen LogP contribution in [0.2, 0.25) is 0 Å². The van der Waals surface area contributed by atoms with Crippen LogP contribution in [-0.2, 0) is 4.74 Å². The van der Waals surface area contributed by atoms with Crippen LogP contribution < -0.4 is 10.6 Å². The second-order valence-electron chi connectivity index (χ2n) is 5.11. The number of rotatable bonds is 8. The van der Waals surface area contributed by atoms with Crippen molar-refractivity contribution in [3.05, 3.63) is 0 Å². The molecular weight excluding hydrogens is 200 g/mol. The molecule has 1 aliphatic carbocycles. The zero-order chi connectivity index (χ0) is 11.1. The van der Waals surface area contributed by atoms with Crippen LogP contribution in [0.15, 0.2) is 0 Å². The van der Waals surface area contributed by atoms with Crippen LogP contribution in [0.5, 0.6) is 0 Å². The predicted octanol–water partition coefficient (Wildman–Crippen LogP) is 1.68. The molecule has 2 fully saturated rings. The summed E-state index contributed by atoms with van der Waals surface area (Å²) in [5, 5.41) is 7.00. The van der Waals surface area contributed by atoms with E-state index < -0.39 is 0 Å². The minimum Gasteiger partial charge on any atom is -0.378 e. The first kappa shape index (κ1) is 12.3. The number of nitrogens with one attached hydrogen (secondary N) is 2. The van der Waals surface area contributed by atoms with Crippen LogP contribution >= 0.6 is 0 Å². The van der Waals surface area contributed by atoms with Gasteiger partial charge in [-0.3, -0.25) is 0 Å². The summed E-state index contributed by atoms with van der Waals surface area (Å²) in [6.45, 7) is 4.38. The van der Waals surface area contributed by atoms with Gasteiger partial charge in [0.1, 0.15) is 0 Å². The van der Waals surface area contributed by atoms with E-state index in [1.54, 1.807) is 0 Å². The fourth-order valence-corrected chi connectivity index (χ4v) is 2.27. The predicted molar refractivity (Wildman–Crippen MR) is 66.7 cm³/mol. The maximum atomic E-state index is 5.71. The Kier molecular flexibility index (Phi) is 5.59. The number of hydrogen-bond acceptors (Lipinski definition) is 3. The van der Waals surface area contributed by atoms with E-state index in [4.69, 9.17) is 4.74 Å². The summed E-state index contributed by atoms with van der Waals surface area (Å²) in [5.74, 6) is 0. The van der Waals surface area contributed by atoms with Gasteiger partial charge in [-0.05, 0) is 51.5 Å². The van der Waals surface area contributed by atoms with Gasteiger partial charge in [0.25, 0.3) is 0 Å². The van der Waals surface area contributed by atoms with Gasteiger partial charge >= 0.3 is 0 Å². The maximum absolute atomic E-state index is 5.71. The van der Waals surface area contributed by atoms with E-state index >= 15 is 0 Å². The van der Waals surface area contributed by atoms with E-state index in [0.717, 1.165) is 32.3 Å². The highest BCUT2D eigenvalue weighted by atomic mass is 16.5. The Bertz CT molecular complexity index is 177. The summed E-state index contributed by atoms with van der Waals surface area (Å²) in [5.41, 5.74) is 0.